The van der Waals surface area contributed by atoms with Crippen LogP contribution in [-0.4, -0.2) is 14.9 Å². The third-order valence-electron chi connectivity index (χ3n) is 1.92. The summed E-state index contributed by atoms with van der Waals surface area (Å²) >= 11 is 2.19. The van der Waals surface area contributed by atoms with E-state index in [1.165, 1.54) is 0 Å². The molecule has 1 fully saturated rings. The number of hydrogen-bond acceptors (Lipinski definition) is 2. The van der Waals surface area contributed by atoms with E-state index >= 15 is 0 Å². The Kier molecular flexibility index (Phi) is 2.88. The molecule has 0 aromatic rings. The maximum atomic E-state index is 10.4. The molecule has 4 heteroatoms. The van der Waals surface area contributed by atoms with E-state index in [0.717, 1.165) is 25.7 Å². The molecule has 0 spiro atoms. The maximum absolute atomic E-state index is 10.4. The van der Waals surface area contributed by atoms with E-state index in [-0.39, 0.29) is 14.9 Å². The fourth-order valence-corrected chi connectivity index (χ4v) is 2.37. The van der Waals surface area contributed by atoms with Crippen LogP contribution in [0.5, 0.6) is 0 Å². The average Bonchev–Trinajstić information content (AvgIpc) is 1.88. The molecule has 0 saturated heterocycles. The van der Waals surface area contributed by atoms with Crippen LogP contribution in [0.4, 0.5) is 0 Å². The molecule has 3 nitrogen and oxygen atoms in total. The topological polar surface area (TPSA) is 43.1 Å². The summed E-state index contributed by atoms with van der Waals surface area (Å²) in [6.45, 7) is 0. The molecule has 0 bridgehead atoms. The van der Waals surface area contributed by atoms with Crippen LogP contribution in [0.1, 0.15) is 25.7 Å². The fourth-order valence-electron chi connectivity index (χ4n) is 1.30. The van der Waals surface area contributed by atoms with Gasteiger partial charge in [0.15, 0.2) is 0 Å². The molecule has 58 valence electrons. The first-order valence-electron chi connectivity index (χ1n) is 3.49. The number of halogens is 1. The van der Waals surface area contributed by atoms with Crippen molar-refractivity contribution in [2.45, 2.75) is 35.6 Å². The molecule has 10 heavy (non-hydrogen) atoms. The second kappa shape index (κ2) is 3.50. The van der Waals surface area contributed by atoms with Gasteiger partial charge < -0.3 is 0 Å². The molecular weight excluding hydrogens is 245 g/mol. The van der Waals surface area contributed by atoms with E-state index in [4.69, 9.17) is 0 Å². The summed E-state index contributed by atoms with van der Waals surface area (Å²) in [5.41, 5.74) is 0. The van der Waals surface area contributed by atoms with Crippen LogP contribution < -0.4 is 0 Å². The molecule has 0 aromatic carbocycles. The van der Waals surface area contributed by atoms with Crippen molar-refractivity contribution in [2.24, 2.45) is 0 Å². The minimum Gasteiger partial charge on any atom is -0.264 e. The van der Waals surface area contributed by atoms with E-state index < -0.39 is 0 Å². The molecule has 0 amide bonds. The van der Waals surface area contributed by atoms with Crippen LogP contribution in [0.25, 0.3) is 0 Å². The quantitative estimate of drug-likeness (QED) is 0.311. The van der Waals surface area contributed by atoms with Gasteiger partial charge in [-0.3, -0.25) is 10.1 Å². The molecule has 0 aromatic heterocycles. The van der Waals surface area contributed by atoms with Gasteiger partial charge in [0.1, 0.15) is 0 Å². The third kappa shape index (κ3) is 1.81. The first kappa shape index (κ1) is 8.23. The molecule has 1 aliphatic rings. The summed E-state index contributed by atoms with van der Waals surface area (Å²) in [5, 5.41) is 10.4. The Balaban J connectivity index is 2.47. The van der Waals surface area contributed by atoms with Gasteiger partial charge in [-0.1, -0.05) is 29.0 Å². The molecule has 0 heterocycles. The maximum Gasteiger partial charge on any atom is 0.224 e. The van der Waals surface area contributed by atoms with Gasteiger partial charge >= 0.3 is 0 Å². The van der Waals surface area contributed by atoms with Gasteiger partial charge in [0.2, 0.25) is 6.04 Å². The van der Waals surface area contributed by atoms with Crippen molar-refractivity contribution in [3.05, 3.63) is 10.1 Å². The van der Waals surface area contributed by atoms with Crippen LogP contribution in [0.3, 0.4) is 0 Å². The lowest BCUT2D eigenvalue weighted by Gasteiger charge is -2.19. The van der Waals surface area contributed by atoms with Crippen LogP contribution >= 0.6 is 22.6 Å². The predicted octanol–water partition coefficient (Wildman–Crippen LogP) is 2.01. The van der Waals surface area contributed by atoms with Gasteiger partial charge in [-0.25, -0.2) is 0 Å². The Morgan fingerprint density at radius 3 is 2.40 bits per heavy atom. The van der Waals surface area contributed by atoms with Crippen molar-refractivity contribution >= 4 is 22.6 Å². The van der Waals surface area contributed by atoms with E-state index in [1.54, 1.807) is 0 Å². The van der Waals surface area contributed by atoms with Crippen LogP contribution in [0, 0.1) is 10.1 Å². The standard InChI is InChI=1S/C6H10INO2/c7-5-3-1-2-4-6(5)8(9)10/h5-6H,1-4H2/t5-,6-/m1/s1. The molecule has 0 aliphatic heterocycles. The van der Waals surface area contributed by atoms with Crippen molar-refractivity contribution in [3.8, 4) is 0 Å². The lowest BCUT2D eigenvalue weighted by atomic mass is 9.96. The highest BCUT2D eigenvalue weighted by molar-refractivity contribution is 14.1. The molecule has 2 atom stereocenters. The Hall–Kier alpha value is 0.130. The van der Waals surface area contributed by atoms with Crippen molar-refractivity contribution in [1.29, 1.82) is 0 Å². The van der Waals surface area contributed by atoms with Crippen LogP contribution in [0.2, 0.25) is 0 Å². The Bertz CT molecular complexity index is 140. The highest BCUT2D eigenvalue weighted by atomic mass is 127. The third-order valence-corrected chi connectivity index (χ3v) is 3.37. The fraction of sp³-hybridized carbons (Fsp3) is 1.00. The minimum absolute atomic E-state index is 0.129. The molecule has 1 saturated carbocycles. The zero-order chi connectivity index (χ0) is 7.56. The summed E-state index contributed by atoms with van der Waals surface area (Å²) in [5.74, 6) is 0. The monoisotopic (exact) mass is 255 g/mol. The normalized spacial score (nSPS) is 33.7. The Morgan fingerprint density at radius 1 is 1.40 bits per heavy atom. The second-order valence-electron chi connectivity index (χ2n) is 2.65. The lowest BCUT2D eigenvalue weighted by molar-refractivity contribution is -0.523. The second-order valence-corrected chi connectivity index (χ2v) is 4.25. The van der Waals surface area contributed by atoms with E-state index in [2.05, 4.69) is 22.6 Å². The minimum atomic E-state index is -0.269. The number of alkyl halides is 1. The molecule has 0 radical (unpaired) electrons. The lowest BCUT2D eigenvalue weighted by Crippen LogP contribution is -2.32. The number of rotatable bonds is 1. The number of nitrogens with zero attached hydrogens (tertiary/aromatic N) is 1. The first-order valence-corrected chi connectivity index (χ1v) is 4.74. The van der Waals surface area contributed by atoms with Gasteiger partial charge in [0.25, 0.3) is 0 Å². The average molecular weight is 255 g/mol. The SMILES string of the molecule is O=[N+]([O-])[C@@H]1CCCC[C@H]1I. The summed E-state index contributed by atoms with van der Waals surface area (Å²) in [6.07, 6.45) is 4.00. The van der Waals surface area contributed by atoms with E-state index in [9.17, 15) is 10.1 Å². The largest absolute Gasteiger partial charge is 0.264 e. The van der Waals surface area contributed by atoms with Gasteiger partial charge in [0.05, 0.1) is 3.92 Å². The molecule has 1 rings (SSSR count). The van der Waals surface area contributed by atoms with E-state index in [0.29, 0.717) is 0 Å². The molecular formula is C6H10INO2. The number of hydrogen-bond donors (Lipinski definition) is 0. The molecule has 1 aliphatic carbocycles. The highest BCUT2D eigenvalue weighted by Crippen LogP contribution is 2.26. The number of nitro groups is 1. The summed E-state index contributed by atoms with van der Waals surface area (Å²) in [4.78, 5) is 10.2. The highest BCUT2D eigenvalue weighted by Gasteiger charge is 2.31. The predicted molar refractivity (Wildman–Crippen MR) is 47.1 cm³/mol. The van der Waals surface area contributed by atoms with Crippen molar-refractivity contribution in [2.75, 3.05) is 0 Å². The molecule has 0 N–H and O–H groups in total. The van der Waals surface area contributed by atoms with Crippen LogP contribution in [-0.2, 0) is 0 Å². The summed E-state index contributed by atoms with van der Waals surface area (Å²) in [6, 6.07) is -0.269. The van der Waals surface area contributed by atoms with Crippen molar-refractivity contribution in [1.82, 2.24) is 0 Å². The van der Waals surface area contributed by atoms with Gasteiger partial charge in [-0.15, -0.1) is 0 Å². The van der Waals surface area contributed by atoms with E-state index in [1.807, 2.05) is 0 Å². The summed E-state index contributed by atoms with van der Waals surface area (Å²) in [7, 11) is 0. The zero-order valence-electron chi connectivity index (χ0n) is 5.62. The van der Waals surface area contributed by atoms with Gasteiger partial charge in [-0.2, -0.15) is 0 Å². The smallest absolute Gasteiger partial charge is 0.224 e. The Labute approximate surface area is 73.5 Å². The molecule has 0 unspecified atom stereocenters. The van der Waals surface area contributed by atoms with Gasteiger partial charge in [0, 0.05) is 11.3 Å². The zero-order valence-corrected chi connectivity index (χ0v) is 7.78. The van der Waals surface area contributed by atoms with Gasteiger partial charge in [-0.05, 0) is 12.8 Å². The van der Waals surface area contributed by atoms with Crippen molar-refractivity contribution < 1.29 is 4.92 Å². The van der Waals surface area contributed by atoms with Crippen LogP contribution in [0.15, 0.2) is 0 Å². The first-order chi connectivity index (χ1) is 4.72. The summed E-state index contributed by atoms with van der Waals surface area (Å²) < 4.78 is 0.265. The van der Waals surface area contributed by atoms with Crippen molar-refractivity contribution in [3.63, 3.8) is 0 Å². The Morgan fingerprint density at radius 2 is 2.00 bits per heavy atom.